The normalized spacial score (nSPS) is 11.3. The quantitative estimate of drug-likeness (QED) is 0.767. The van der Waals surface area contributed by atoms with Crippen molar-refractivity contribution in [3.8, 4) is 0 Å². The van der Waals surface area contributed by atoms with Crippen molar-refractivity contribution in [2.45, 2.75) is 11.3 Å². The van der Waals surface area contributed by atoms with Gasteiger partial charge in [-0.25, -0.2) is 0 Å². The van der Waals surface area contributed by atoms with E-state index >= 15 is 0 Å². The summed E-state index contributed by atoms with van der Waals surface area (Å²) in [7, 11) is 3.12. The molecule has 0 saturated carbocycles. The van der Waals surface area contributed by atoms with E-state index < -0.39 is 17.6 Å². The van der Waals surface area contributed by atoms with E-state index in [0.29, 0.717) is 5.16 Å². The van der Waals surface area contributed by atoms with E-state index in [1.807, 2.05) is 0 Å². The molecule has 26 heavy (non-hydrogen) atoms. The molecule has 0 fully saturated rings. The molecule has 0 aliphatic rings. The van der Waals surface area contributed by atoms with Crippen LogP contribution in [0.4, 0.5) is 18.9 Å². The average Bonchev–Trinajstić information content (AvgIpc) is 2.97. The Balaban J connectivity index is 1.91. The van der Waals surface area contributed by atoms with Gasteiger partial charge in [-0.15, -0.1) is 10.2 Å². The van der Waals surface area contributed by atoms with Crippen molar-refractivity contribution in [3.63, 3.8) is 0 Å². The third kappa shape index (κ3) is 5.22. The molecule has 1 aromatic carbocycles. The van der Waals surface area contributed by atoms with E-state index in [1.165, 1.54) is 25.5 Å². The van der Waals surface area contributed by atoms with Crippen LogP contribution in [-0.4, -0.2) is 50.8 Å². The van der Waals surface area contributed by atoms with Crippen molar-refractivity contribution in [1.82, 2.24) is 19.7 Å². The van der Waals surface area contributed by atoms with Gasteiger partial charge in [-0.3, -0.25) is 9.59 Å². The fraction of sp³-hybridized carbons (Fsp3) is 0.333. The van der Waals surface area contributed by atoms with Crippen LogP contribution in [0.15, 0.2) is 35.7 Å². The number of benzene rings is 1. The van der Waals surface area contributed by atoms with E-state index in [0.717, 1.165) is 28.8 Å². The molecule has 2 rings (SSSR count). The molecule has 2 amide bonds. The van der Waals surface area contributed by atoms with E-state index in [9.17, 15) is 22.8 Å². The Morgan fingerprint density at radius 1 is 1.31 bits per heavy atom. The maximum Gasteiger partial charge on any atom is 0.418 e. The molecule has 0 saturated heterocycles. The lowest BCUT2D eigenvalue weighted by atomic mass is 10.1. The molecule has 1 N–H and O–H groups in total. The van der Waals surface area contributed by atoms with Gasteiger partial charge in [0.05, 0.1) is 23.5 Å². The van der Waals surface area contributed by atoms with Crippen molar-refractivity contribution in [3.05, 3.63) is 36.2 Å². The predicted octanol–water partition coefficient (Wildman–Crippen LogP) is 2.02. The van der Waals surface area contributed by atoms with Crippen LogP contribution < -0.4 is 5.32 Å². The average molecular weight is 387 g/mol. The molecule has 1 aromatic heterocycles. The summed E-state index contributed by atoms with van der Waals surface area (Å²) in [5.41, 5.74) is -1.29. The highest BCUT2D eigenvalue weighted by atomic mass is 32.2. The summed E-state index contributed by atoms with van der Waals surface area (Å²) in [4.78, 5) is 25.2. The van der Waals surface area contributed by atoms with Gasteiger partial charge in [0, 0.05) is 14.1 Å². The summed E-state index contributed by atoms with van der Waals surface area (Å²) >= 11 is 1.14. The van der Waals surface area contributed by atoms with Crippen LogP contribution in [0.25, 0.3) is 0 Å². The Bertz CT molecular complexity index is 794. The lowest BCUT2D eigenvalue weighted by molar-refractivity contribution is -0.137. The van der Waals surface area contributed by atoms with Gasteiger partial charge in [-0.2, -0.15) is 13.2 Å². The van der Waals surface area contributed by atoms with Crippen molar-refractivity contribution in [2.75, 3.05) is 24.7 Å². The molecular formula is C15H16F3N5O2S. The largest absolute Gasteiger partial charge is 0.418 e. The monoisotopic (exact) mass is 387 g/mol. The first-order valence-electron chi connectivity index (χ1n) is 7.35. The number of thioether (sulfide) groups is 1. The highest BCUT2D eigenvalue weighted by Gasteiger charge is 2.33. The SMILES string of the molecule is CN(CC(=O)Nc1ccccc1C(F)(F)F)C(=O)CSc1nncn1C. The van der Waals surface area contributed by atoms with Crippen LogP contribution in [0.3, 0.4) is 0 Å². The van der Waals surface area contributed by atoms with Crippen LogP contribution in [0.5, 0.6) is 0 Å². The zero-order valence-electron chi connectivity index (χ0n) is 13.9. The van der Waals surface area contributed by atoms with Crippen LogP contribution in [0.2, 0.25) is 0 Å². The van der Waals surface area contributed by atoms with Crippen molar-refractivity contribution in [2.24, 2.45) is 7.05 Å². The van der Waals surface area contributed by atoms with Gasteiger partial charge in [-0.05, 0) is 12.1 Å². The van der Waals surface area contributed by atoms with Gasteiger partial charge in [0.2, 0.25) is 11.8 Å². The second-order valence-electron chi connectivity index (χ2n) is 5.35. The number of rotatable bonds is 6. The Morgan fingerprint density at radius 2 is 2.00 bits per heavy atom. The molecule has 0 unspecified atom stereocenters. The number of aryl methyl sites for hydroxylation is 1. The van der Waals surface area contributed by atoms with E-state index in [2.05, 4.69) is 15.5 Å². The number of hydrogen-bond acceptors (Lipinski definition) is 5. The molecule has 0 radical (unpaired) electrons. The molecular weight excluding hydrogens is 371 g/mol. The van der Waals surface area contributed by atoms with Gasteiger partial charge in [-0.1, -0.05) is 23.9 Å². The summed E-state index contributed by atoms with van der Waals surface area (Å²) < 4.78 is 40.4. The smallest absolute Gasteiger partial charge is 0.336 e. The van der Waals surface area contributed by atoms with Crippen LogP contribution >= 0.6 is 11.8 Å². The Kier molecular flexibility index (Phi) is 6.24. The van der Waals surface area contributed by atoms with E-state index in [-0.39, 0.29) is 23.9 Å². The van der Waals surface area contributed by atoms with Gasteiger partial charge < -0.3 is 14.8 Å². The minimum atomic E-state index is -4.58. The fourth-order valence-corrected chi connectivity index (χ4v) is 2.80. The van der Waals surface area contributed by atoms with Crippen LogP contribution in [0, 0.1) is 0 Å². The van der Waals surface area contributed by atoms with Crippen LogP contribution in [0.1, 0.15) is 5.56 Å². The second-order valence-corrected chi connectivity index (χ2v) is 6.30. The third-order valence-corrected chi connectivity index (χ3v) is 4.33. The maximum atomic E-state index is 12.9. The number of nitrogens with one attached hydrogen (secondary N) is 1. The third-order valence-electron chi connectivity index (χ3n) is 3.31. The van der Waals surface area contributed by atoms with Gasteiger partial charge >= 0.3 is 6.18 Å². The minimum absolute atomic E-state index is 0.0233. The molecule has 2 aromatic rings. The number of para-hydroxylation sites is 1. The number of alkyl halides is 3. The molecule has 1 heterocycles. The predicted molar refractivity (Wildman–Crippen MR) is 89.4 cm³/mol. The Hall–Kier alpha value is -2.56. The number of likely N-dealkylation sites (N-methyl/N-ethyl adjacent to an activating group) is 1. The van der Waals surface area contributed by atoms with Crippen molar-refractivity contribution in [1.29, 1.82) is 0 Å². The van der Waals surface area contributed by atoms with E-state index in [4.69, 9.17) is 0 Å². The highest BCUT2D eigenvalue weighted by Crippen LogP contribution is 2.34. The number of aromatic nitrogens is 3. The van der Waals surface area contributed by atoms with Crippen LogP contribution in [-0.2, 0) is 22.8 Å². The highest BCUT2D eigenvalue weighted by molar-refractivity contribution is 7.99. The first-order chi connectivity index (χ1) is 12.2. The summed E-state index contributed by atoms with van der Waals surface area (Å²) in [5, 5.41) is 10.2. The van der Waals surface area contributed by atoms with Gasteiger partial charge in [0.15, 0.2) is 5.16 Å². The van der Waals surface area contributed by atoms with Crippen molar-refractivity contribution < 1.29 is 22.8 Å². The lowest BCUT2D eigenvalue weighted by Crippen LogP contribution is -2.36. The maximum absolute atomic E-state index is 12.9. The topological polar surface area (TPSA) is 80.1 Å². The molecule has 7 nitrogen and oxygen atoms in total. The fourth-order valence-electron chi connectivity index (χ4n) is 1.97. The summed E-state index contributed by atoms with van der Waals surface area (Å²) in [6.07, 6.45) is -3.10. The molecule has 140 valence electrons. The second kappa shape index (κ2) is 8.21. The zero-order valence-corrected chi connectivity index (χ0v) is 14.8. The summed E-state index contributed by atoms with van der Waals surface area (Å²) in [6, 6.07) is 4.66. The summed E-state index contributed by atoms with van der Waals surface area (Å²) in [6.45, 7) is -0.371. The molecule has 0 atom stereocenters. The number of amides is 2. The molecule has 0 spiro atoms. The number of anilines is 1. The number of carbonyl (C=O) groups is 2. The number of nitrogens with zero attached hydrogens (tertiary/aromatic N) is 4. The van der Waals surface area contributed by atoms with Gasteiger partial charge in [0.25, 0.3) is 0 Å². The lowest BCUT2D eigenvalue weighted by Gasteiger charge is -2.18. The molecule has 0 aliphatic heterocycles. The van der Waals surface area contributed by atoms with Crippen molar-refractivity contribution >= 4 is 29.3 Å². The molecule has 0 aliphatic carbocycles. The summed E-state index contributed by atoms with van der Waals surface area (Å²) in [5.74, 6) is -1.06. The minimum Gasteiger partial charge on any atom is -0.336 e. The number of carbonyl (C=O) groups excluding carboxylic acids is 2. The first kappa shape index (κ1) is 19.8. The first-order valence-corrected chi connectivity index (χ1v) is 8.34. The van der Waals surface area contributed by atoms with E-state index in [1.54, 1.807) is 11.6 Å². The van der Waals surface area contributed by atoms with Gasteiger partial charge in [0.1, 0.15) is 6.33 Å². The Morgan fingerprint density at radius 3 is 2.62 bits per heavy atom. The Labute approximate surface area is 151 Å². The number of halogens is 3. The standard InChI is InChI=1S/C15H16F3N5O2S/c1-22(13(25)8-26-14-21-19-9-23(14)2)7-12(24)20-11-6-4-3-5-10(11)15(16,17)18/h3-6,9H,7-8H2,1-2H3,(H,20,24). The molecule has 11 heteroatoms. The number of hydrogen-bond donors (Lipinski definition) is 1. The molecule has 0 bridgehead atoms. The zero-order chi connectivity index (χ0) is 19.3.